The van der Waals surface area contributed by atoms with E-state index in [4.69, 9.17) is 14.2 Å². The molecule has 13 nitrogen and oxygen atoms in total. The maximum absolute atomic E-state index is 16.9. The van der Waals surface area contributed by atoms with Gasteiger partial charge in [-0.25, -0.2) is 18.4 Å². The third-order valence-electron chi connectivity index (χ3n) is 12.8. The molecule has 1 aliphatic carbocycles. The first-order valence-electron chi connectivity index (χ1n) is 20.1. The lowest BCUT2D eigenvalue weighted by Gasteiger charge is -2.61. The second kappa shape index (κ2) is 16.0. The number of piperidine rings is 2. The Morgan fingerprint density at radius 2 is 1.81 bits per heavy atom. The Bertz CT molecular complexity index is 1320. The van der Waals surface area contributed by atoms with E-state index >= 15 is 8.78 Å². The van der Waals surface area contributed by atoms with Crippen molar-refractivity contribution in [2.75, 3.05) is 32.8 Å². The molecule has 0 aromatic heterocycles. The molecule has 6 fully saturated rings. The summed E-state index contributed by atoms with van der Waals surface area (Å²) in [5.74, 6) is -2.56. The van der Waals surface area contributed by atoms with Crippen molar-refractivity contribution in [2.24, 2.45) is 29.6 Å². The van der Waals surface area contributed by atoms with Crippen molar-refractivity contribution in [3.05, 3.63) is 0 Å². The summed E-state index contributed by atoms with van der Waals surface area (Å²) in [6, 6.07) is -2.32. The molecule has 6 rings (SSSR count). The normalized spacial score (nSPS) is 42.7. The van der Waals surface area contributed by atoms with Gasteiger partial charge in [-0.1, -0.05) is 27.7 Å². The van der Waals surface area contributed by atoms with Gasteiger partial charge in [-0.15, -0.1) is 0 Å². The second-order valence-corrected chi connectivity index (χ2v) is 17.9. The highest BCUT2D eigenvalue weighted by Gasteiger charge is 2.59. The van der Waals surface area contributed by atoms with Crippen molar-refractivity contribution >= 4 is 18.1 Å². The topological polar surface area (TPSA) is 145 Å². The lowest BCUT2D eigenvalue weighted by molar-refractivity contribution is -0.181. The number of carbonyl (C=O) groups excluding carboxylic acids is 3. The van der Waals surface area contributed by atoms with E-state index in [-0.39, 0.29) is 49.4 Å². The maximum Gasteiger partial charge on any atom is 0.410 e. The maximum atomic E-state index is 16.9. The van der Waals surface area contributed by atoms with Crippen LogP contribution in [0.3, 0.4) is 0 Å². The molecule has 4 N–H and O–H groups in total. The lowest BCUT2D eigenvalue weighted by atomic mass is 9.69. The van der Waals surface area contributed by atoms with E-state index in [1.165, 1.54) is 0 Å². The number of hydrogen-bond donors (Lipinski definition) is 4. The summed E-state index contributed by atoms with van der Waals surface area (Å²) in [6.45, 7) is 16.7. The molecule has 15 heteroatoms. The van der Waals surface area contributed by atoms with Crippen LogP contribution in [0.2, 0.25) is 0 Å². The van der Waals surface area contributed by atoms with Gasteiger partial charge in [0.2, 0.25) is 0 Å². The van der Waals surface area contributed by atoms with Crippen LogP contribution in [0.4, 0.5) is 18.4 Å². The molecule has 1 saturated carbocycles. The Hall–Kier alpha value is -2.33. The summed E-state index contributed by atoms with van der Waals surface area (Å²) in [4.78, 5) is 46.4. The number of urea groups is 1. The van der Waals surface area contributed by atoms with Crippen LogP contribution in [-0.4, -0.2) is 143 Å². The Morgan fingerprint density at radius 1 is 1.08 bits per heavy atom. The average molecular weight is 755 g/mol. The number of rotatable bonds is 4. The minimum Gasteiger partial charge on any atom is -0.459 e. The van der Waals surface area contributed by atoms with Gasteiger partial charge in [0.05, 0.1) is 31.1 Å². The Morgan fingerprint density at radius 3 is 2.47 bits per heavy atom. The number of halogens is 2. The monoisotopic (exact) mass is 754 g/mol. The molecule has 0 aromatic rings. The number of aliphatic hydroxyl groups is 1. The second-order valence-electron chi connectivity index (χ2n) is 17.9. The number of hydrogen-bond acceptors (Lipinski definition) is 10. The molecule has 5 saturated heterocycles. The summed E-state index contributed by atoms with van der Waals surface area (Å²) in [6.07, 6.45) is -5.68. The van der Waals surface area contributed by atoms with Crippen molar-refractivity contribution in [3.8, 4) is 0 Å². The minimum atomic E-state index is -1.44. The van der Waals surface area contributed by atoms with Crippen LogP contribution in [0.1, 0.15) is 87.5 Å². The van der Waals surface area contributed by atoms with Crippen molar-refractivity contribution in [1.29, 1.82) is 0 Å². The van der Waals surface area contributed by atoms with Crippen LogP contribution in [-0.2, 0) is 19.0 Å². The molecule has 0 spiro atoms. The molecule has 5 aliphatic heterocycles. The zero-order valence-electron chi connectivity index (χ0n) is 32.8. The predicted molar refractivity (Wildman–Crippen MR) is 193 cm³/mol. The van der Waals surface area contributed by atoms with Crippen LogP contribution >= 0.6 is 0 Å². The first-order chi connectivity index (χ1) is 25.0. The molecule has 302 valence electrons. The van der Waals surface area contributed by atoms with Gasteiger partial charge in [-0.3, -0.25) is 15.0 Å². The van der Waals surface area contributed by atoms with E-state index in [1.54, 1.807) is 16.7 Å². The first kappa shape index (κ1) is 40.3. The largest absolute Gasteiger partial charge is 0.459 e. The zero-order valence-corrected chi connectivity index (χ0v) is 32.8. The Labute approximate surface area is 313 Å². The number of ether oxygens (including phenoxy) is 3. The number of aliphatic hydroxyl groups excluding tert-OH is 1. The van der Waals surface area contributed by atoms with Crippen molar-refractivity contribution in [3.63, 3.8) is 0 Å². The summed E-state index contributed by atoms with van der Waals surface area (Å²) in [5, 5.41) is 22.3. The van der Waals surface area contributed by atoms with E-state index in [2.05, 4.69) is 34.7 Å². The summed E-state index contributed by atoms with van der Waals surface area (Å²) < 4.78 is 51.4. The molecular formula is C38H64F2N6O7. The fourth-order valence-electron chi connectivity index (χ4n) is 10.2. The highest BCUT2D eigenvalue weighted by molar-refractivity contribution is 5.77. The van der Waals surface area contributed by atoms with E-state index < -0.39 is 90.5 Å². The highest BCUT2D eigenvalue weighted by atomic mass is 19.1. The number of fused-ring (bicyclic) bond motifs is 5. The van der Waals surface area contributed by atoms with Crippen LogP contribution in [0.15, 0.2) is 0 Å². The average Bonchev–Trinajstić information content (AvgIpc) is 3.09. The molecule has 3 amide bonds. The quantitative estimate of drug-likeness (QED) is 0.316. The van der Waals surface area contributed by atoms with E-state index in [1.807, 2.05) is 34.6 Å². The molecule has 0 aromatic carbocycles. The van der Waals surface area contributed by atoms with E-state index in [0.29, 0.717) is 45.4 Å². The summed E-state index contributed by atoms with van der Waals surface area (Å²) in [7, 11) is 0. The number of amides is 3. The molecule has 0 radical (unpaired) electrons. The van der Waals surface area contributed by atoms with Gasteiger partial charge < -0.3 is 39.8 Å². The molecular weight excluding hydrogens is 690 g/mol. The Balaban J connectivity index is 1.41. The molecule has 6 aliphatic rings. The van der Waals surface area contributed by atoms with Crippen LogP contribution < -0.4 is 16.0 Å². The molecule has 53 heavy (non-hydrogen) atoms. The van der Waals surface area contributed by atoms with Crippen molar-refractivity contribution in [1.82, 2.24) is 30.7 Å². The summed E-state index contributed by atoms with van der Waals surface area (Å²) >= 11 is 0. The number of carbonyl (C=O) groups is 3. The fourth-order valence-corrected chi connectivity index (χ4v) is 10.2. The molecule has 5 heterocycles. The molecule has 15 atom stereocenters. The SMILES string of the molecule is CCC(=O)OC1C(O)COC2CCC(C)C(F)C2C2NC3C(CC2F)C(N2CCN(C(=O)OC(C)(C)C)C[C@@H]2C)NC(=O)N3C2C1CCNC2C(C)C. The number of nitrogens with one attached hydrogen (secondary N) is 3. The molecule has 14 unspecified atom stereocenters. The van der Waals surface area contributed by atoms with Gasteiger partial charge in [0.15, 0.2) is 0 Å². The zero-order chi connectivity index (χ0) is 38.5. The summed E-state index contributed by atoms with van der Waals surface area (Å²) in [5.41, 5.74) is -0.644. The minimum absolute atomic E-state index is 0.0312. The van der Waals surface area contributed by atoms with Gasteiger partial charge in [0.1, 0.15) is 30.2 Å². The van der Waals surface area contributed by atoms with Gasteiger partial charge in [0, 0.05) is 61.9 Å². The van der Waals surface area contributed by atoms with Gasteiger partial charge in [-0.2, -0.15) is 0 Å². The third-order valence-corrected chi connectivity index (χ3v) is 12.8. The van der Waals surface area contributed by atoms with Crippen LogP contribution in [0.25, 0.3) is 0 Å². The Kier molecular flexibility index (Phi) is 12.2. The van der Waals surface area contributed by atoms with E-state index in [0.717, 1.165) is 0 Å². The number of nitrogens with zero attached hydrogens (tertiary/aromatic N) is 3. The van der Waals surface area contributed by atoms with Crippen LogP contribution in [0, 0.1) is 29.6 Å². The van der Waals surface area contributed by atoms with Gasteiger partial charge >= 0.3 is 18.1 Å². The standard InChI is InChI=1S/C38H64F2N6O7/c1-9-27(48)52-33-22-12-13-41-30(19(2)3)32(22)46-35-23(16-24(39)31(42-35)28-26(51-18-25(33)47)11-10-20(4)29(28)40)34(43-36(46)49)45-15-14-44(17-21(45)5)37(50)53-38(6,7)8/h19-26,28-35,41-42,47H,9-18H2,1-8H3,(H,43,49)/t20?,21-,22?,23?,24?,25?,26?,28?,29?,30?,31?,32?,33?,34?,35?/m0/s1. The van der Waals surface area contributed by atoms with Crippen LogP contribution in [0.5, 0.6) is 0 Å². The van der Waals surface area contributed by atoms with E-state index in [9.17, 15) is 19.5 Å². The fraction of sp³-hybridized carbons (Fsp3) is 0.921. The van der Waals surface area contributed by atoms with Gasteiger partial charge in [-0.05, 0) is 71.8 Å². The predicted octanol–water partition coefficient (Wildman–Crippen LogP) is 3.39. The number of piperazine rings is 1. The van der Waals surface area contributed by atoms with Crippen molar-refractivity contribution in [2.45, 2.75) is 160 Å². The first-order valence-corrected chi connectivity index (χ1v) is 20.1. The lowest BCUT2D eigenvalue weighted by Crippen LogP contribution is -2.80. The smallest absolute Gasteiger partial charge is 0.410 e. The van der Waals surface area contributed by atoms with Gasteiger partial charge in [0.25, 0.3) is 0 Å². The molecule has 2 bridgehead atoms. The third kappa shape index (κ3) is 8.15. The number of esters is 1. The number of alkyl halides is 2. The highest BCUT2D eigenvalue weighted by Crippen LogP contribution is 2.45. The van der Waals surface area contributed by atoms with Crippen molar-refractivity contribution < 1.29 is 42.5 Å².